The quantitative estimate of drug-likeness (QED) is 0.497. The summed E-state index contributed by atoms with van der Waals surface area (Å²) in [4.78, 5) is 31.8. The lowest BCUT2D eigenvalue weighted by atomic mass is 10.0. The molecule has 0 aliphatic carbocycles. The van der Waals surface area contributed by atoms with Crippen LogP contribution in [0.3, 0.4) is 0 Å². The van der Waals surface area contributed by atoms with Gasteiger partial charge in [0.05, 0.1) is 5.92 Å². The Morgan fingerprint density at radius 2 is 2.23 bits per heavy atom. The van der Waals surface area contributed by atoms with Gasteiger partial charge in [-0.05, 0) is 6.42 Å². The van der Waals surface area contributed by atoms with E-state index in [4.69, 9.17) is 5.11 Å². The van der Waals surface area contributed by atoms with E-state index in [2.05, 4.69) is 4.74 Å². The van der Waals surface area contributed by atoms with Crippen LogP contribution in [0, 0.1) is 5.92 Å². The average molecular weight is 184 g/mol. The number of aliphatic carboxylic acids is 1. The molecule has 1 unspecified atom stereocenters. The van der Waals surface area contributed by atoms with Crippen molar-refractivity contribution in [1.29, 1.82) is 0 Å². The average Bonchev–Trinajstić information content (AvgIpc) is 2.30. The van der Waals surface area contributed by atoms with E-state index in [0.717, 1.165) is 6.08 Å². The highest BCUT2D eigenvalue weighted by molar-refractivity contribution is 6.09. The first-order valence-corrected chi connectivity index (χ1v) is 3.70. The molecule has 0 aromatic rings. The second-order valence-corrected chi connectivity index (χ2v) is 2.82. The Hall–Kier alpha value is -1.65. The third-order valence-corrected chi connectivity index (χ3v) is 1.70. The summed E-state index contributed by atoms with van der Waals surface area (Å²) >= 11 is 0. The van der Waals surface area contributed by atoms with Crippen molar-refractivity contribution in [2.75, 3.05) is 0 Å². The Morgan fingerprint density at radius 1 is 1.62 bits per heavy atom. The maximum atomic E-state index is 10.8. The number of carbonyl (C=O) groups excluding carboxylic acids is 2. The van der Waals surface area contributed by atoms with Crippen LogP contribution in [0.5, 0.6) is 0 Å². The summed E-state index contributed by atoms with van der Waals surface area (Å²) in [5.74, 6) is -3.16. The summed E-state index contributed by atoms with van der Waals surface area (Å²) in [6.45, 7) is 1.46. The Balaban J connectivity index is 2.64. The molecule has 0 fully saturated rings. The van der Waals surface area contributed by atoms with Gasteiger partial charge >= 0.3 is 17.9 Å². The third-order valence-electron chi connectivity index (χ3n) is 1.70. The van der Waals surface area contributed by atoms with Gasteiger partial charge in [-0.25, -0.2) is 9.59 Å². The lowest BCUT2D eigenvalue weighted by Crippen LogP contribution is -2.12. The lowest BCUT2D eigenvalue weighted by molar-refractivity contribution is -0.150. The molecule has 0 amide bonds. The molecule has 1 aliphatic heterocycles. The second-order valence-electron chi connectivity index (χ2n) is 2.82. The third kappa shape index (κ3) is 2.14. The standard InChI is InChI=1S/C8H8O5/c1-4(7(10)11)2-5-3-6(9)13-8(5)12/h3-4H,2H2,1H3,(H,10,11). The van der Waals surface area contributed by atoms with E-state index >= 15 is 0 Å². The van der Waals surface area contributed by atoms with Crippen molar-refractivity contribution >= 4 is 17.9 Å². The van der Waals surface area contributed by atoms with Crippen LogP contribution in [0.4, 0.5) is 0 Å². The number of carboxylic acids is 1. The first-order chi connectivity index (χ1) is 6.00. The van der Waals surface area contributed by atoms with Crippen molar-refractivity contribution in [1.82, 2.24) is 0 Å². The molecule has 5 heteroatoms. The van der Waals surface area contributed by atoms with Crippen LogP contribution in [0.15, 0.2) is 11.6 Å². The fourth-order valence-electron chi connectivity index (χ4n) is 0.947. The molecule has 70 valence electrons. The zero-order valence-electron chi connectivity index (χ0n) is 6.94. The minimum atomic E-state index is -1.01. The van der Waals surface area contributed by atoms with Crippen molar-refractivity contribution in [3.8, 4) is 0 Å². The number of carbonyl (C=O) groups is 3. The molecule has 1 N–H and O–H groups in total. The highest BCUT2D eigenvalue weighted by Gasteiger charge is 2.26. The Kier molecular flexibility index (Phi) is 2.46. The number of hydrogen-bond acceptors (Lipinski definition) is 4. The molecule has 0 aromatic carbocycles. The van der Waals surface area contributed by atoms with Crippen LogP contribution < -0.4 is 0 Å². The molecule has 0 aromatic heterocycles. The SMILES string of the molecule is CC(CC1=CC(=O)OC1=O)C(=O)O. The Bertz CT molecular complexity index is 302. The van der Waals surface area contributed by atoms with Gasteiger partial charge in [0, 0.05) is 11.6 Å². The lowest BCUT2D eigenvalue weighted by Gasteiger charge is -2.03. The van der Waals surface area contributed by atoms with Crippen LogP contribution in [-0.2, 0) is 19.1 Å². The van der Waals surface area contributed by atoms with E-state index in [0.29, 0.717) is 0 Å². The number of ether oxygens (including phenoxy) is 1. The maximum Gasteiger partial charge on any atom is 0.342 e. The van der Waals surface area contributed by atoms with Gasteiger partial charge in [-0.15, -0.1) is 0 Å². The predicted octanol–water partition coefficient (Wildman–Crippen LogP) is 0.107. The number of carboxylic acid groups (broad SMARTS) is 1. The van der Waals surface area contributed by atoms with Crippen LogP contribution in [-0.4, -0.2) is 23.0 Å². The predicted molar refractivity (Wildman–Crippen MR) is 40.6 cm³/mol. The van der Waals surface area contributed by atoms with E-state index < -0.39 is 23.8 Å². The van der Waals surface area contributed by atoms with Gasteiger partial charge in [0.2, 0.25) is 0 Å². The van der Waals surface area contributed by atoms with E-state index in [9.17, 15) is 14.4 Å². The monoisotopic (exact) mass is 184 g/mol. The van der Waals surface area contributed by atoms with Gasteiger partial charge in [0.1, 0.15) is 0 Å². The van der Waals surface area contributed by atoms with Crippen molar-refractivity contribution < 1.29 is 24.2 Å². The van der Waals surface area contributed by atoms with E-state index in [1.807, 2.05) is 0 Å². The molecular weight excluding hydrogens is 176 g/mol. The molecule has 1 atom stereocenters. The first-order valence-electron chi connectivity index (χ1n) is 3.70. The maximum absolute atomic E-state index is 10.8. The van der Waals surface area contributed by atoms with Crippen LogP contribution in [0.25, 0.3) is 0 Å². The number of rotatable bonds is 3. The summed E-state index contributed by atoms with van der Waals surface area (Å²) in [6.07, 6.45) is 1.06. The highest BCUT2D eigenvalue weighted by atomic mass is 16.6. The van der Waals surface area contributed by atoms with Gasteiger partial charge in [-0.2, -0.15) is 0 Å². The molecule has 1 aliphatic rings. The molecule has 0 saturated carbocycles. The Morgan fingerprint density at radius 3 is 2.62 bits per heavy atom. The Labute approximate surface area is 74.0 Å². The van der Waals surface area contributed by atoms with Gasteiger partial charge in [-0.3, -0.25) is 4.79 Å². The topological polar surface area (TPSA) is 80.7 Å². The minimum absolute atomic E-state index is 0.0277. The molecule has 0 saturated heterocycles. The van der Waals surface area contributed by atoms with Crippen LogP contribution in [0.2, 0.25) is 0 Å². The highest BCUT2D eigenvalue weighted by Crippen LogP contribution is 2.17. The molecule has 0 radical (unpaired) electrons. The van der Waals surface area contributed by atoms with E-state index in [-0.39, 0.29) is 12.0 Å². The smallest absolute Gasteiger partial charge is 0.342 e. The summed E-state index contributed by atoms with van der Waals surface area (Å²) in [7, 11) is 0. The number of cyclic esters (lactones) is 2. The fourth-order valence-corrected chi connectivity index (χ4v) is 0.947. The second kappa shape index (κ2) is 3.38. The molecule has 13 heavy (non-hydrogen) atoms. The normalized spacial score (nSPS) is 18.1. The van der Waals surface area contributed by atoms with Crippen LogP contribution >= 0.6 is 0 Å². The van der Waals surface area contributed by atoms with Crippen LogP contribution in [0.1, 0.15) is 13.3 Å². The molecular formula is C8H8O5. The van der Waals surface area contributed by atoms with Gasteiger partial charge in [-0.1, -0.05) is 6.92 Å². The van der Waals surface area contributed by atoms with E-state index in [1.165, 1.54) is 6.92 Å². The van der Waals surface area contributed by atoms with Crippen molar-refractivity contribution in [3.05, 3.63) is 11.6 Å². The largest absolute Gasteiger partial charge is 0.481 e. The zero-order valence-corrected chi connectivity index (χ0v) is 6.94. The number of hydrogen-bond donors (Lipinski definition) is 1. The van der Waals surface area contributed by atoms with Gasteiger partial charge < -0.3 is 9.84 Å². The first kappa shape index (κ1) is 9.44. The molecule has 1 heterocycles. The summed E-state index contributed by atoms with van der Waals surface area (Å²) in [5.41, 5.74) is 0.125. The van der Waals surface area contributed by atoms with Crippen molar-refractivity contribution in [2.24, 2.45) is 5.92 Å². The van der Waals surface area contributed by atoms with Crippen molar-refractivity contribution in [2.45, 2.75) is 13.3 Å². The van der Waals surface area contributed by atoms with Gasteiger partial charge in [0.15, 0.2) is 0 Å². The molecule has 5 nitrogen and oxygen atoms in total. The van der Waals surface area contributed by atoms with Crippen molar-refractivity contribution in [3.63, 3.8) is 0 Å². The van der Waals surface area contributed by atoms with E-state index in [1.54, 1.807) is 0 Å². The summed E-state index contributed by atoms with van der Waals surface area (Å²) < 4.78 is 4.19. The summed E-state index contributed by atoms with van der Waals surface area (Å²) in [5, 5.41) is 8.53. The minimum Gasteiger partial charge on any atom is -0.481 e. The molecule has 1 rings (SSSR count). The summed E-state index contributed by atoms with van der Waals surface area (Å²) in [6, 6.07) is 0. The fraction of sp³-hybridized carbons (Fsp3) is 0.375. The molecule has 0 bridgehead atoms. The van der Waals surface area contributed by atoms with Gasteiger partial charge in [0.25, 0.3) is 0 Å². The molecule has 0 spiro atoms. The number of esters is 2. The zero-order chi connectivity index (χ0) is 10.0.